The Kier molecular flexibility index (Phi) is 4.44. The number of hydrogen-bond acceptors (Lipinski definition) is 4. The van der Waals surface area contributed by atoms with Crippen LogP contribution < -0.4 is 4.87 Å². The molecule has 0 aliphatic carbocycles. The zero-order valence-corrected chi connectivity index (χ0v) is 15.2. The highest BCUT2D eigenvalue weighted by Crippen LogP contribution is 2.25. The number of aromatic amines is 1. The van der Waals surface area contributed by atoms with Crippen LogP contribution in [-0.4, -0.2) is 25.7 Å². The molecule has 4 rings (SSSR count). The van der Waals surface area contributed by atoms with Gasteiger partial charge < -0.3 is 14.7 Å². The Bertz CT molecular complexity index is 1090. The van der Waals surface area contributed by atoms with Gasteiger partial charge in [0, 0.05) is 24.2 Å². The van der Waals surface area contributed by atoms with Crippen molar-refractivity contribution in [1.29, 1.82) is 0 Å². The predicted octanol–water partition coefficient (Wildman–Crippen LogP) is 3.42. The molecule has 0 saturated carbocycles. The van der Waals surface area contributed by atoms with Crippen molar-refractivity contribution in [1.82, 2.24) is 14.5 Å². The van der Waals surface area contributed by atoms with E-state index >= 15 is 0 Å². The van der Waals surface area contributed by atoms with Crippen LogP contribution in [0.2, 0.25) is 0 Å². The van der Waals surface area contributed by atoms with Gasteiger partial charge >= 0.3 is 4.87 Å². The number of aromatic nitrogens is 3. The monoisotopic (exact) mass is 365 g/mol. The molecule has 0 aliphatic heterocycles. The molecule has 2 aromatic heterocycles. The fraction of sp³-hybridized carbons (Fsp3) is 0.200. The van der Waals surface area contributed by atoms with Crippen LogP contribution in [-0.2, 0) is 13.0 Å². The van der Waals surface area contributed by atoms with Crippen LogP contribution in [0.1, 0.15) is 18.2 Å². The molecule has 0 saturated heterocycles. The lowest BCUT2D eigenvalue weighted by atomic mass is 10.1. The molecule has 1 atom stereocenters. The van der Waals surface area contributed by atoms with Crippen molar-refractivity contribution in [2.45, 2.75) is 26.0 Å². The number of H-pyrrole nitrogens is 1. The molecule has 0 spiro atoms. The summed E-state index contributed by atoms with van der Waals surface area (Å²) in [6.45, 7) is 2.43. The number of benzene rings is 2. The first-order valence-corrected chi connectivity index (χ1v) is 9.31. The van der Waals surface area contributed by atoms with Crippen molar-refractivity contribution in [2.24, 2.45) is 0 Å². The summed E-state index contributed by atoms with van der Waals surface area (Å²) in [5.74, 6) is 0. The molecule has 26 heavy (non-hydrogen) atoms. The Morgan fingerprint density at radius 2 is 2.04 bits per heavy atom. The van der Waals surface area contributed by atoms with Gasteiger partial charge in [-0.1, -0.05) is 47.7 Å². The minimum absolute atomic E-state index is 0.0408. The number of aliphatic hydroxyl groups is 1. The summed E-state index contributed by atoms with van der Waals surface area (Å²) >= 11 is 1.22. The largest absolute Gasteiger partial charge is 0.393 e. The smallest absolute Gasteiger partial charge is 0.305 e. The quantitative estimate of drug-likeness (QED) is 0.569. The third kappa shape index (κ3) is 3.34. The van der Waals surface area contributed by atoms with Gasteiger partial charge in [0.25, 0.3) is 0 Å². The highest BCUT2D eigenvalue weighted by Gasteiger charge is 2.15. The summed E-state index contributed by atoms with van der Waals surface area (Å²) in [7, 11) is 0. The van der Waals surface area contributed by atoms with Crippen molar-refractivity contribution in [3.63, 3.8) is 0 Å². The number of aliphatic hydroxyl groups excluding tert-OH is 1. The minimum Gasteiger partial charge on any atom is -0.393 e. The molecule has 0 aliphatic rings. The number of thiazole rings is 1. The molecule has 0 radical (unpaired) electrons. The Balaban J connectivity index is 1.72. The van der Waals surface area contributed by atoms with E-state index in [2.05, 4.69) is 14.5 Å². The highest BCUT2D eigenvalue weighted by atomic mass is 32.1. The van der Waals surface area contributed by atoms with E-state index in [1.165, 1.54) is 11.3 Å². The molecule has 4 aromatic rings. The summed E-state index contributed by atoms with van der Waals surface area (Å²) < 4.78 is 3.03. The molecule has 2 aromatic carbocycles. The zero-order chi connectivity index (χ0) is 18.1. The first-order chi connectivity index (χ1) is 12.6. The summed E-state index contributed by atoms with van der Waals surface area (Å²) in [5, 5.41) is 9.95. The van der Waals surface area contributed by atoms with Gasteiger partial charge in [0.15, 0.2) is 0 Å². The van der Waals surface area contributed by atoms with Gasteiger partial charge in [-0.25, -0.2) is 4.98 Å². The lowest BCUT2D eigenvalue weighted by Crippen LogP contribution is -2.11. The maximum absolute atomic E-state index is 11.5. The second-order valence-corrected chi connectivity index (χ2v) is 7.45. The fourth-order valence-corrected chi connectivity index (χ4v) is 3.96. The summed E-state index contributed by atoms with van der Waals surface area (Å²) in [5.41, 5.74) is 4.91. The normalized spacial score (nSPS) is 12.5. The minimum atomic E-state index is -0.453. The standard InChI is InChI=1S/C20H19N3O2S/c1-13(24)9-17-19(15-5-3-2-4-6-15)21-12-23(17)11-14-7-8-16-18(10-14)26-20(25)22-16/h2-8,10,12-13,24H,9,11H2,1H3,(H,22,25). The first kappa shape index (κ1) is 16.8. The van der Waals surface area contributed by atoms with Crippen LogP contribution in [0.5, 0.6) is 0 Å². The third-order valence-electron chi connectivity index (χ3n) is 4.32. The summed E-state index contributed by atoms with van der Waals surface area (Å²) in [4.78, 5) is 18.9. The Morgan fingerprint density at radius 1 is 1.23 bits per heavy atom. The summed E-state index contributed by atoms with van der Waals surface area (Å²) in [6, 6.07) is 16.0. The van der Waals surface area contributed by atoms with Crippen LogP contribution in [0.25, 0.3) is 21.5 Å². The second kappa shape index (κ2) is 6.90. The average Bonchev–Trinajstić information content (AvgIpc) is 3.18. The van der Waals surface area contributed by atoms with E-state index in [4.69, 9.17) is 0 Å². The van der Waals surface area contributed by atoms with Crippen molar-refractivity contribution in [3.8, 4) is 11.3 Å². The van der Waals surface area contributed by atoms with E-state index in [0.29, 0.717) is 13.0 Å². The number of imidazole rings is 1. The number of hydrogen-bond donors (Lipinski definition) is 2. The molecule has 2 N–H and O–H groups in total. The lowest BCUT2D eigenvalue weighted by Gasteiger charge is -2.12. The topological polar surface area (TPSA) is 70.9 Å². The number of nitrogens with zero attached hydrogens (tertiary/aromatic N) is 2. The predicted molar refractivity (Wildman–Crippen MR) is 105 cm³/mol. The van der Waals surface area contributed by atoms with Gasteiger partial charge in [-0.3, -0.25) is 4.79 Å². The molecule has 0 fully saturated rings. The molecule has 0 bridgehead atoms. The number of rotatable bonds is 5. The molecule has 5 nitrogen and oxygen atoms in total. The van der Waals surface area contributed by atoms with E-state index in [1.54, 1.807) is 6.92 Å². The van der Waals surface area contributed by atoms with Crippen LogP contribution >= 0.6 is 11.3 Å². The van der Waals surface area contributed by atoms with Gasteiger partial charge in [0.2, 0.25) is 0 Å². The second-order valence-electron chi connectivity index (χ2n) is 6.43. The third-order valence-corrected chi connectivity index (χ3v) is 5.17. The molecule has 1 unspecified atom stereocenters. The van der Waals surface area contributed by atoms with Crippen LogP contribution in [0, 0.1) is 0 Å². The molecule has 2 heterocycles. The van der Waals surface area contributed by atoms with E-state index in [0.717, 1.165) is 32.7 Å². The zero-order valence-electron chi connectivity index (χ0n) is 14.3. The van der Waals surface area contributed by atoms with Gasteiger partial charge in [-0.05, 0) is 24.6 Å². The van der Waals surface area contributed by atoms with E-state index in [1.807, 2.05) is 54.9 Å². The van der Waals surface area contributed by atoms with E-state index < -0.39 is 6.10 Å². The number of fused-ring (bicyclic) bond motifs is 1. The maximum Gasteiger partial charge on any atom is 0.305 e. The molecule has 132 valence electrons. The first-order valence-electron chi connectivity index (χ1n) is 8.49. The number of nitrogens with one attached hydrogen (secondary N) is 1. The van der Waals surface area contributed by atoms with Gasteiger partial charge in [0.1, 0.15) is 0 Å². The molecular weight excluding hydrogens is 346 g/mol. The van der Waals surface area contributed by atoms with Crippen LogP contribution in [0.15, 0.2) is 59.7 Å². The lowest BCUT2D eigenvalue weighted by molar-refractivity contribution is 0.193. The Labute approximate surface area is 154 Å². The van der Waals surface area contributed by atoms with E-state index in [-0.39, 0.29) is 4.87 Å². The molecule has 6 heteroatoms. The van der Waals surface area contributed by atoms with Crippen LogP contribution in [0.3, 0.4) is 0 Å². The average molecular weight is 365 g/mol. The van der Waals surface area contributed by atoms with Crippen molar-refractivity contribution < 1.29 is 5.11 Å². The van der Waals surface area contributed by atoms with Gasteiger partial charge in [0.05, 0.1) is 28.3 Å². The molecular formula is C20H19N3O2S. The summed E-state index contributed by atoms with van der Waals surface area (Å²) in [6.07, 6.45) is 1.90. The SMILES string of the molecule is CC(O)Cc1c(-c2ccccc2)ncn1Cc1ccc2[nH]c(=O)sc2c1. The molecule has 0 amide bonds. The van der Waals surface area contributed by atoms with Crippen LogP contribution in [0.4, 0.5) is 0 Å². The Morgan fingerprint density at radius 3 is 2.81 bits per heavy atom. The van der Waals surface area contributed by atoms with Crippen molar-refractivity contribution >= 4 is 21.6 Å². The highest BCUT2D eigenvalue weighted by molar-refractivity contribution is 7.16. The van der Waals surface area contributed by atoms with Gasteiger partial charge in [-0.15, -0.1) is 0 Å². The van der Waals surface area contributed by atoms with Gasteiger partial charge in [-0.2, -0.15) is 0 Å². The van der Waals surface area contributed by atoms with Crippen molar-refractivity contribution in [3.05, 3.63) is 75.8 Å². The Hall–Kier alpha value is -2.70. The fourth-order valence-electron chi connectivity index (χ4n) is 3.16. The van der Waals surface area contributed by atoms with E-state index in [9.17, 15) is 9.90 Å². The van der Waals surface area contributed by atoms with Crippen molar-refractivity contribution in [2.75, 3.05) is 0 Å². The maximum atomic E-state index is 11.5.